The van der Waals surface area contributed by atoms with Crippen molar-refractivity contribution in [3.63, 3.8) is 0 Å². The van der Waals surface area contributed by atoms with E-state index in [1.165, 1.54) is 11.3 Å². The van der Waals surface area contributed by atoms with Gasteiger partial charge in [-0.15, -0.1) is 11.3 Å². The van der Waals surface area contributed by atoms with Crippen molar-refractivity contribution in [3.8, 4) is 11.5 Å². The molecule has 0 spiro atoms. The Balaban J connectivity index is 1.51. The van der Waals surface area contributed by atoms with Crippen LogP contribution in [-0.2, 0) is 17.8 Å². The molecule has 2 aromatic heterocycles. The van der Waals surface area contributed by atoms with Crippen molar-refractivity contribution in [3.05, 3.63) is 64.9 Å². The molecule has 0 N–H and O–H groups in total. The Bertz CT molecular complexity index is 1020. The molecule has 1 aliphatic heterocycles. The highest BCUT2D eigenvalue weighted by atomic mass is 32.1. The lowest BCUT2D eigenvalue weighted by atomic mass is 10.0. The van der Waals surface area contributed by atoms with Crippen LogP contribution in [0, 0.1) is 6.92 Å². The van der Waals surface area contributed by atoms with Crippen molar-refractivity contribution in [2.24, 2.45) is 0 Å². The predicted octanol–water partition coefficient (Wildman–Crippen LogP) is 4.17. The lowest BCUT2D eigenvalue weighted by molar-refractivity contribution is -0.120. The summed E-state index contributed by atoms with van der Waals surface area (Å²) in [4.78, 5) is 23.5. The Morgan fingerprint density at radius 2 is 2.14 bits per heavy atom. The molecule has 7 heteroatoms. The summed E-state index contributed by atoms with van der Waals surface area (Å²) in [6.07, 6.45) is 2.53. The summed E-state index contributed by atoms with van der Waals surface area (Å²) in [5, 5.41) is 2.56. The zero-order valence-electron chi connectivity index (χ0n) is 16.7. The number of ether oxygens (including phenoxy) is 2. The summed E-state index contributed by atoms with van der Waals surface area (Å²) in [7, 11) is 0. The molecule has 1 aromatic carbocycles. The predicted molar refractivity (Wildman–Crippen MR) is 113 cm³/mol. The largest absolute Gasteiger partial charge is 0.483 e. The SMILES string of the molecule is Cc1csc(N(Cc2ccccn2)C(=O)COc2cccc3c2OC(C)(C)C3)n1. The van der Waals surface area contributed by atoms with Crippen LogP contribution in [0.15, 0.2) is 48.0 Å². The maximum Gasteiger partial charge on any atom is 0.267 e. The van der Waals surface area contributed by atoms with Crippen LogP contribution in [0.25, 0.3) is 0 Å². The number of anilines is 1. The van der Waals surface area contributed by atoms with Crippen LogP contribution in [0.2, 0.25) is 0 Å². The second-order valence-electron chi connectivity index (χ2n) is 7.64. The van der Waals surface area contributed by atoms with Gasteiger partial charge in [-0.1, -0.05) is 18.2 Å². The third-order valence-corrected chi connectivity index (χ3v) is 5.57. The highest BCUT2D eigenvalue weighted by Crippen LogP contribution is 2.41. The van der Waals surface area contributed by atoms with Gasteiger partial charge in [-0.2, -0.15) is 0 Å². The maximum absolute atomic E-state index is 13.1. The van der Waals surface area contributed by atoms with Crippen molar-refractivity contribution in [1.82, 2.24) is 9.97 Å². The monoisotopic (exact) mass is 409 g/mol. The molecule has 0 saturated carbocycles. The van der Waals surface area contributed by atoms with E-state index in [2.05, 4.69) is 9.97 Å². The van der Waals surface area contributed by atoms with Gasteiger partial charge in [-0.25, -0.2) is 4.98 Å². The van der Waals surface area contributed by atoms with Gasteiger partial charge in [0.25, 0.3) is 5.91 Å². The number of carbonyl (C=O) groups excluding carboxylic acids is 1. The molecule has 0 saturated heterocycles. The van der Waals surface area contributed by atoms with Crippen LogP contribution in [0.1, 0.15) is 30.8 Å². The average molecular weight is 410 g/mol. The van der Waals surface area contributed by atoms with Crippen LogP contribution < -0.4 is 14.4 Å². The number of benzene rings is 1. The Kier molecular flexibility index (Phi) is 5.24. The smallest absolute Gasteiger partial charge is 0.267 e. The van der Waals surface area contributed by atoms with Crippen molar-refractivity contribution in [2.45, 2.75) is 39.3 Å². The summed E-state index contributed by atoms with van der Waals surface area (Å²) >= 11 is 1.43. The molecule has 1 aliphatic rings. The highest BCUT2D eigenvalue weighted by Gasteiger charge is 2.32. The number of carbonyl (C=O) groups is 1. The van der Waals surface area contributed by atoms with E-state index >= 15 is 0 Å². The van der Waals surface area contributed by atoms with E-state index in [4.69, 9.17) is 9.47 Å². The normalized spacial score (nSPS) is 14.2. The van der Waals surface area contributed by atoms with Gasteiger partial charge < -0.3 is 9.47 Å². The first-order valence-corrected chi connectivity index (χ1v) is 10.4. The van der Waals surface area contributed by atoms with Crippen molar-refractivity contribution >= 4 is 22.4 Å². The fourth-order valence-electron chi connectivity index (χ4n) is 3.30. The molecule has 0 radical (unpaired) electrons. The molecule has 150 valence electrons. The molecule has 4 rings (SSSR count). The van der Waals surface area contributed by atoms with Gasteiger partial charge in [0, 0.05) is 23.6 Å². The van der Waals surface area contributed by atoms with E-state index in [1.54, 1.807) is 11.1 Å². The third-order valence-electron chi connectivity index (χ3n) is 4.59. The molecule has 0 atom stereocenters. The van der Waals surface area contributed by atoms with E-state index < -0.39 is 0 Å². The summed E-state index contributed by atoms with van der Waals surface area (Å²) in [6.45, 7) is 6.23. The standard InChI is InChI=1S/C22H23N3O3S/c1-15-14-29-21(24-15)25(12-17-8-4-5-10-23-17)19(26)13-27-18-9-6-7-16-11-22(2,3)28-20(16)18/h4-10,14H,11-13H2,1-3H3. The van der Waals surface area contributed by atoms with E-state index in [9.17, 15) is 4.79 Å². The van der Waals surface area contributed by atoms with Crippen molar-refractivity contribution in [2.75, 3.05) is 11.5 Å². The Hall–Kier alpha value is -2.93. The van der Waals surface area contributed by atoms with Crippen molar-refractivity contribution < 1.29 is 14.3 Å². The minimum absolute atomic E-state index is 0.105. The summed E-state index contributed by atoms with van der Waals surface area (Å²) < 4.78 is 11.9. The number of fused-ring (bicyclic) bond motifs is 1. The second kappa shape index (κ2) is 7.83. The third kappa shape index (κ3) is 4.40. The number of hydrogen-bond donors (Lipinski definition) is 0. The van der Waals surface area contributed by atoms with Crippen LogP contribution in [0.5, 0.6) is 11.5 Å². The van der Waals surface area contributed by atoms with Crippen LogP contribution in [-0.4, -0.2) is 28.1 Å². The zero-order chi connectivity index (χ0) is 20.4. The molecule has 6 nitrogen and oxygen atoms in total. The molecule has 0 aliphatic carbocycles. The van der Waals surface area contributed by atoms with Gasteiger partial charge in [0.05, 0.1) is 17.9 Å². The molecule has 0 fully saturated rings. The maximum atomic E-state index is 13.1. The zero-order valence-corrected chi connectivity index (χ0v) is 17.5. The number of amides is 1. The first-order chi connectivity index (χ1) is 13.9. The lowest BCUT2D eigenvalue weighted by Crippen LogP contribution is -2.34. The second-order valence-corrected chi connectivity index (χ2v) is 8.48. The Labute approximate surface area is 174 Å². The van der Waals surface area contributed by atoms with Gasteiger partial charge in [-0.3, -0.25) is 14.7 Å². The molecule has 29 heavy (non-hydrogen) atoms. The topological polar surface area (TPSA) is 64.6 Å². The van der Waals surface area contributed by atoms with Gasteiger partial charge >= 0.3 is 0 Å². The van der Waals surface area contributed by atoms with E-state index in [1.807, 2.05) is 62.5 Å². The Morgan fingerprint density at radius 1 is 1.28 bits per heavy atom. The molecule has 1 amide bonds. The number of thiazole rings is 1. The quantitative estimate of drug-likeness (QED) is 0.611. The molecule has 0 bridgehead atoms. The highest BCUT2D eigenvalue weighted by molar-refractivity contribution is 7.14. The van der Waals surface area contributed by atoms with Gasteiger partial charge in [-0.05, 0) is 39.0 Å². The van der Waals surface area contributed by atoms with E-state index in [0.717, 1.165) is 29.1 Å². The number of pyridine rings is 1. The minimum Gasteiger partial charge on any atom is -0.483 e. The molecule has 3 aromatic rings. The number of rotatable bonds is 6. The summed E-state index contributed by atoms with van der Waals surface area (Å²) in [6, 6.07) is 11.4. The van der Waals surface area contributed by atoms with Crippen LogP contribution >= 0.6 is 11.3 Å². The molecular weight excluding hydrogens is 386 g/mol. The number of aromatic nitrogens is 2. The number of para-hydroxylation sites is 1. The fourth-order valence-corrected chi connectivity index (χ4v) is 4.12. The van der Waals surface area contributed by atoms with Crippen LogP contribution in [0.3, 0.4) is 0 Å². The first-order valence-electron chi connectivity index (χ1n) is 9.47. The van der Waals surface area contributed by atoms with Gasteiger partial charge in [0.2, 0.25) is 0 Å². The number of aryl methyl sites for hydroxylation is 1. The van der Waals surface area contributed by atoms with Gasteiger partial charge in [0.15, 0.2) is 23.2 Å². The van der Waals surface area contributed by atoms with E-state index in [0.29, 0.717) is 17.4 Å². The summed E-state index contributed by atoms with van der Waals surface area (Å²) in [5.41, 5.74) is 2.50. The average Bonchev–Trinajstić information content (AvgIpc) is 3.26. The number of nitrogens with zero attached hydrogens (tertiary/aromatic N) is 3. The van der Waals surface area contributed by atoms with E-state index in [-0.39, 0.29) is 18.1 Å². The minimum atomic E-state index is -0.269. The fraction of sp³-hybridized carbons (Fsp3) is 0.318. The lowest BCUT2D eigenvalue weighted by Gasteiger charge is -2.21. The molecule has 3 heterocycles. The summed E-state index contributed by atoms with van der Waals surface area (Å²) in [5.74, 6) is 1.14. The Morgan fingerprint density at radius 3 is 2.86 bits per heavy atom. The van der Waals surface area contributed by atoms with Crippen LogP contribution in [0.4, 0.5) is 5.13 Å². The molecule has 0 unspecified atom stereocenters. The van der Waals surface area contributed by atoms with Crippen molar-refractivity contribution in [1.29, 1.82) is 0 Å². The van der Waals surface area contributed by atoms with Gasteiger partial charge in [0.1, 0.15) is 5.60 Å². The number of hydrogen-bond acceptors (Lipinski definition) is 6. The first kappa shape index (κ1) is 19.4. The molecular formula is C22H23N3O3S.